The SMILES string of the molecule is O=C(Nc1c(Cl)cccc1Cl)c1ccc(-c2ccccc2)nn1. The smallest absolute Gasteiger partial charge is 0.276 e. The number of benzene rings is 2. The Morgan fingerprint density at radius 2 is 1.52 bits per heavy atom. The van der Waals surface area contributed by atoms with Crippen molar-refractivity contribution in [3.05, 3.63) is 76.4 Å². The maximum Gasteiger partial charge on any atom is 0.276 e. The zero-order valence-electron chi connectivity index (χ0n) is 11.8. The van der Waals surface area contributed by atoms with Crippen LogP contribution in [0.1, 0.15) is 10.5 Å². The van der Waals surface area contributed by atoms with E-state index in [0.717, 1.165) is 5.56 Å². The summed E-state index contributed by atoms with van der Waals surface area (Å²) in [5.74, 6) is -0.424. The van der Waals surface area contributed by atoms with Crippen LogP contribution >= 0.6 is 23.2 Å². The largest absolute Gasteiger partial charge is 0.318 e. The van der Waals surface area contributed by atoms with Gasteiger partial charge in [-0.1, -0.05) is 59.6 Å². The minimum atomic E-state index is -0.424. The van der Waals surface area contributed by atoms with Gasteiger partial charge < -0.3 is 5.32 Å². The monoisotopic (exact) mass is 343 g/mol. The highest BCUT2D eigenvalue weighted by molar-refractivity contribution is 6.39. The first-order valence-corrected chi connectivity index (χ1v) is 7.55. The maximum atomic E-state index is 12.2. The molecule has 3 aromatic rings. The van der Waals surface area contributed by atoms with Crippen LogP contribution in [0.2, 0.25) is 10.0 Å². The molecule has 1 aromatic heterocycles. The number of aromatic nitrogens is 2. The number of hydrogen-bond donors (Lipinski definition) is 1. The van der Waals surface area contributed by atoms with E-state index in [1.165, 1.54) is 0 Å². The van der Waals surface area contributed by atoms with E-state index in [0.29, 0.717) is 21.4 Å². The number of rotatable bonds is 3. The lowest BCUT2D eigenvalue weighted by atomic mass is 10.1. The molecule has 0 spiro atoms. The van der Waals surface area contributed by atoms with E-state index in [9.17, 15) is 4.79 Å². The Morgan fingerprint density at radius 1 is 0.826 bits per heavy atom. The molecule has 6 heteroatoms. The highest BCUT2D eigenvalue weighted by atomic mass is 35.5. The van der Waals surface area contributed by atoms with Crippen molar-refractivity contribution in [1.82, 2.24) is 10.2 Å². The Balaban J connectivity index is 1.81. The van der Waals surface area contributed by atoms with Crippen LogP contribution in [0.25, 0.3) is 11.3 Å². The first-order valence-electron chi connectivity index (χ1n) is 6.79. The summed E-state index contributed by atoms with van der Waals surface area (Å²) in [5, 5.41) is 11.4. The molecule has 0 atom stereocenters. The second-order valence-electron chi connectivity index (χ2n) is 4.72. The quantitative estimate of drug-likeness (QED) is 0.749. The summed E-state index contributed by atoms with van der Waals surface area (Å²) in [7, 11) is 0. The van der Waals surface area contributed by atoms with E-state index >= 15 is 0 Å². The summed E-state index contributed by atoms with van der Waals surface area (Å²) in [4.78, 5) is 12.2. The summed E-state index contributed by atoms with van der Waals surface area (Å²) in [5.41, 5.74) is 2.16. The van der Waals surface area contributed by atoms with Gasteiger partial charge in [0.15, 0.2) is 5.69 Å². The number of amides is 1. The molecule has 0 unspecified atom stereocenters. The zero-order valence-corrected chi connectivity index (χ0v) is 13.3. The highest BCUT2D eigenvalue weighted by Gasteiger charge is 2.13. The normalized spacial score (nSPS) is 10.3. The van der Waals surface area contributed by atoms with Crippen molar-refractivity contribution in [2.45, 2.75) is 0 Å². The Morgan fingerprint density at radius 3 is 2.13 bits per heavy atom. The van der Waals surface area contributed by atoms with Crippen LogP contribution < -0.4 is 5.32 Å². The number of nitrogens with one attached hydrogen (secondary N) is 1. The van der Waals surface area contributed by atoms with Gasteiger partial charge in [-0.15, -0.1) is 10.2 Å². The van der Waals surface area contributed by atoms with Crippen LogP contribution in [0.15, 0.2) is 60.7 Å². The Bertz CT molecular complexity index is 816. The highest BCUT2D eigenvalue weighted by Crippen LogP contribution is 2.30. The fourth-order valence-corrected chi connectivity index (χ4v) is 2.50. The lowest BCUT2D eigenvalue weighted by molar-refractivity contribution is 0.102. The van der Waals surface area contributed by atoms with Crippen LogP contribution in [0, 0.1) is 0 Å². The first kappa shape index (κ1) is 15.5. The molecule has 0 aliphatic heterocycles. The first-order chi connectivity index (χ1) is 11.1. The van der Waals surface area contributed by atoms with Gasteiger partial charge in [0.1, 0.15) is 0 Å². The van der Waals surface area contributed by atoms with Gasteiger partial charge >= 0.3 is 0 Å². The number of para-hydroxylation sites is 1. The predicted octanol–water partition coefficient (Wildman–Crippen LogP) is 4.70. The van der Waals surface area contributed by atoms with Crippen molar-refractivity contribution in [2.75, 3.05) is 5.32 Å². The van der Waals surface area contributed by atoms with Gasteiger partial charge in [-0.25, -0.2) is 0 Å². The Labute approximate surface area is 143 Å². The van der Waals surface area contributed by atoms with Crippen molar-refractivity contribution in [2.24, 2.45) is 0 Å². The molecule has 1 heterocycles. The average molecular weight is 344 g/mol. The minimum Gasteiger partial charge on any atom is -0.318 e. The van der Waals surface area contributed by atoms with Gasteiger partial charge in [-0.2, -0.15) is 0 Å². The Kier molecular flexibility index (Phi) is 4.55. The molecule has 0 aliphatic carbocycles. The van der Waals surface area contributed by atoms with Crippen LogP contribution in [0.3, 0.4) is 0 Å². The van der Waals surface area contributed by atoms with Gasteiger partial charge in [0, 0.05) is 5.56 Å². The molecule has 0 saturated heterocycles. The molecule has 0 bridgehead atoms. The standard InChI is InChI=1S/C17H11Cl2N3O/c18-12-7-4-8-13(19)16(12)20-17(23)15-10-9-14(21-22-15)11-5-2-1-3-6-11/h1-10H,(H,20,23). The summed E-state index contributed by atoms with van der Waals surface area (Å²) in [6, 6.07) is 17.9. The van der Waals surface area contributed by atoms with Gasteiger partial charge in [-0.3, -0.25) is 4.79 Å². The van der Waals surface area contributed by atoms with E-state index in [2.05, 4.69) is 15.5 Å². The van der Waals surface area contributed by atoms with E-state index in [4.69, 9.17) is 23.2 Å². The lowest BCUT2D eigenvalue weighted by Crippen LogP contribution is -2.15. The molecule has 2 aromatic carbocycles. The van der Waals surface area contributed by atoms with Crippen molar-refractivity contribution in [1.29, 1.82) is 0 Å². The molecule has 0 fully saturated rings. The number of carbonyl (C=O) groups excluding carboxylic acids is 1. The van der Waals surface area contributed by atoms with Crippen molar-refractivity contribution in [3.63, 3.8) is 0 Å². The fraction of sp³-hybridized carbons (Fsp3) is 0. The number of nitrogens with zero attached hydrogens (tertiary/aromatic N) is 2. The molecule has 23 heavy (non-hydrogen) atoms. The maximum absolute atomic E-state index is 12.2. The molecule has 3 rings (SSSR count). The number of anilines is 1. The third-order valence-electron chi connectivity index (χ3n) is 3.17. The molecule has 4 nitrogen and oxygen atoms in total. The molecule has 1 amide bonds. The van der Waals surface area contributed by atoms with Gasteiger partial charge in [-0.05, 0) is 24.3 Å². The van der Waals surface area contributed by atoms with Crippen LogP contribution in [-0.4, -0.2) is 16.1 Å². The molecule has 0 radical (unpaired) electrons. The van der Waals surface area contributed by atoms with Crippen molar-refractivity contribution >= 4 is 34.8 Å². The molecule has 1 N–H and O–H groups in total. The number of carbonyl (C=O) groups is 1. The number of halogens is 2. The average Bonchev–Trinajstić information content (AvgIpc) is 2.59. The fourth-order valence-electron chi connectivity index (χ4n) is 2.01. The third kappa shape index (κ3) is 3.50. The van der Waals surface area contributed by atoms with Crippen LogP contribution in [-0.2, 0) is 0 Å². The lowest BCUT2D eigenvalue weighted by Gasteiger charge is -2.08. The molecule has 0 saturated carbocycles. The Hall–Kier alpha value is -2.43. The van der Waals surface area contributed by atoms with Crippen molar-refractivity contribution < 1.29 is 4.79 Å². The molecule has 0 aliphatic rings. The van der Waals surface area contributed by atoms with Crippen LogP contribution in [0.5, 0.6) is 0 Å². The van der Waals surface area contributed by atoms with E-state index in [1.54, 1.807) is 30.3 Å². The third-order valence-corrected chi connectivity index (χ3v) is 3.80. The van der Waals surface area contributed by atoms with E-state index in [1.807, 2.05) is 30.3 Å². The second-order valence-corrected chi connectivity index (χ2v) is 5.54. The summed E-state index contributed by atoms with van der Waals surface area (Å²) in [6.45, 7) is 0. The summed E-state index contributed by atoms with van der Waals surface area (Å²) < 4.78 is 0. The topological polar surface area (TPSA) is 54.9 Å². The van der Waals surface area contributed by atoms with Gasteiger partial charge in [0.25, 0.3) is 5.91 Å². The van der Waals surface area contributed by atoms with Crippen molar-refractivity contribution in [3.8, 4) is 11.3 Å². The summed E-state index contributed by atoms with van der Waals surface area (Å²) in [6.07, 6.45) is 0. The molecule has 114 valence electrons. The number of hydrogen-bond acceptors (Lipinski definition) is 3. The minimum absolute atomic E-state index is 0.181. The molecular weight excluding hydrogens is 333 g/mol. The predicted molar refractivity (Wildman–Crippen MR) is 91.9 cm³/mol. The zero-order chi connectivity index (χ0) is 16.2. The van der Waals surface area contributed by atoms with Gasteiger partial charge in [0.05, 0.1) is 21.4 Å². The van der Waals surface area contributed by atoms with E-state index in [-0.39, 0.29) is 5.69 Å². The molecular formula is C17H11Cl2N3O. The van der Waals surface area contributed by atoms with Gasteiger partial charge in [0.2, 0.25) is 0 Å². The second kappa shape index (κ2) is 6.77. The van der Waals surface area contributed by atoms with Crippen LogP contribution in [0.4, 0.5) is 5.69 Å². The summed E-state index contributed by atoms with van der Waals surface area (Å²) >= 11 is 12.1. The van der Waals surface area contributed by atoms with E-state index < -0.39 is 5.91 Å².